The topological polar surface area (TPSA) is 175 Å². The van der Waals surface area contributed by atoms with E-state index in [0.717, 1.165) is 0 Å². The highest BCUT2D eigenvalue weighted by Crippen LogP contribution is 2.49. The van der Waals surface area contributed by atoms with E-state index in [1.807, 2.05) is 0 Å². The van der Waals surface area contributed by atoms with E-state index in [0.29, 0.717) is 5.57 Å². The number of allylic oxidation sites excluding steroid dienone is 5. The fraction of sp³-hybridized carbons (Fsp3) is 0.467. The van der Waals surface area contributed by atoms with Crippen molar-refractivity contribution in [3.05, 3.63) is 56.6 Å². The number of ether oxygens (including phenoxy) is 2. The van der Waals surface area contributed by atoms with Gasteiger partial charge < -0.3 is 19.7 Å². The zero-order chi connectivity index (χ0) is 30.9. The Kier molecular flexibility index (Phi) is 7.17. The number of ketones is 4. The van der Waals surface area contributed by atoms with Crippen molar-refractivity contribution in [3.63, 3.8) is 0 Å². The molecule has 0 saturated carbocycles. The summed E-state index contributed by atoms with van der Waals surface area (Å²) >= 11 is 0. The van der Waals surface area contributed by atoms with Crippen LogP contribution in [0.2, 0.25) is 0 Å². The largest absolute Gasteiger partial charge is 0.507 e. The van der Waals surface area contributed by atoms with E-state index in [2.05, 4.69) is 6.07 Å². The SMILES string of the molecule is C/C=C(/C)C(=O)OC[C@H]1C2=C(C[C@H]3[C@H]4C5=C(C(=O)C(C)=C(OC)C5=O)[C@H](O)[C@H]([C@H](C#N)N13)N4C)C(O)=C(C)C(=O)C2=O. The second-order valence-electron chi connectivity index (χ2n) is 11.1. The molecule has 0 aromatic rings. The Morgan fingerprint density at radius 2 is 1.74 bits per heavy atom. The number of piperazine rings is 1. The summed E-state index contributed by atoms with van der Waals surface area (Å²) in [6, 6.07) is -2.89. The maximum absolute atomic E-state index is 13.8. The Bertz CT molecular complexity index is 1570. The van der Waals surface area contributed by atoms with Gasteiger partial charge in [-0.3, -0.25) is 29.0 Å². The second kappa shape index (κ2) is 10.3. The number of nitrogens with zero attached hydrogens (tertiary/aromatic N) is 3. The van der Waals surface area contributed by atoms with Crippen LogP contribution in [0.25, 0.3) is 0 Å². The minimum Gasteiger partial charge on any atom is -0.507 e. The fourth-order valence-electron chi connectivity index (χ4n) is 7.01. The Labute approximate surface area is 241 Å². The average Bonchev–Trinajstić information content (AvgIpc) is 2.97. The summed E-state index contributed by atoms with van der Waals surface area (Å²) in [5, 5.41) is 33.2. The quantitative estimate of drug-likeness (QED) is 0.156. The number of carbonyl (C=O) groups excluding carboxylic acids is 5. The van der Waals surface area contributed by atoms with E-state index >= 15 is 0 Å². The highest BCUT2D eigenvalue weighted by molar-refractivity contribution is 6.50. The highest BCUT2D eigenvalue weighted by atomic mass is 16.5. The zero-order valence-corrected chi connectivity index (χ0v) is 24.0. The number of hydrogen-bond acceptors (Lipinski definition) is 12. The lowest BCUT2D eigenvalue weighted by Gasteiger charge is -2.61. The van der Waals surface area contributed by atoms with Crippen LogP contribution in [0.3, 0.4) is 0 Å². The summed E-state index contributed by atoms with van der Waals surface area (Å²) in [5.74, 6) is -4.21. The molecular formula is C30H31N3O9. The number of carbonyl (C=O) groups is 5. The summed E-state index contributed by atoms with van der Waals surface area (Å²) in [7, 11) is 2.90. The molecule has 220 valence electrons. The van der Waals surface area contributed by atoms with Gasteiger partial charge >= 0.3 is 5.97 Å². The molecule has 12 nitrogen and oxygen atoms in total. The number of fused-ring (bicyclic) bond motifs is 5. The molecular weight excluding hydrogens is 546 g/mol. The van der Waals surface area contributed by atoms with Crippen molar-refractivity contribution in [3.8, 4) is 6.07 Å². The molecule has 0 spiro atoms. The minimum atomic E-state index is -1.56. The van der Waals surface area contributed by atoms with Crippen molar-refractivity contribution in [2.24, 2.45) is 0 Å². The summed E-state index contributed by atoms with van der Waals surface area (Å²) in [6.07, 6.45) is -0.0872. The van der Waals surface area contributed by atoms with E-state index in [4.69, 9.17) is 9.47 Å². The van der Waals surface area contributed by atoms with E-state index < -0.39 is 77.8 Å². The molecule has 3 aliphatic heterocycles. The highest BCUT2D eigenvalue weighted by Gasteiger charge is 2.62. The van der Waals surface area contributed by atoms with Crippen LogP contribution < -0.4 is 0 Å². The third kappa shape index (κ3) is 3.81. The number of likely N-dealkylation sites (N-methyl/N-ethyl adjacent to an activating group) is 1. The first kappa shape index (κ1) is 29.3. The van der Waals surface area contributed by atoms with Gasteiger partial charge in [-0.25, -0.2) is 4.79 Å². The second-order valence-corrected chi connectivity index (χ2v) is 11.1. The minimum absolute atomic E-state index is 0.00282. The predicted molar refractivity (Wildman–Crippen MR) is 144 cm³/mol. The normalized spacial score (nSPS) is 32.1. The first-order chi connectivity index (χ1) is 19.8. The average molecular weight is 578 g/mol. The molecule has 1 saturated heterocycles. The monoisotopic (exact) mass is 577 g/mol. The van der Waals surface area contributed by atoms with Crippen molar-refractivity contribution in [2.75, 3.05) is 20.8 Å². The molecule has 2 aliphatic carbocycles. The zero-order valence-electron chi connectivity index (χ0n) is 24.0. The van der Waals surface area contributed by atoms with Gasteiger partial charge in [-0.1, -0.05) is 6.08 Å². The lowest BCUT2D eigenvalue weighted by atomic mass is 9.67. The Balaban J connectivity index is 1.74. The molecule has 0 aromatic heterocycles. The van der Waals surface area contributed by atoms with Crippen molar-refractivity contribution in [1.29, 1.82) is 5.26 Å². The molecule has 0 amide bonds. The van der Waals surface area contributed by atoms with Gasteiger partial charge in [0, 0.05) is 45.1 Å². The van der Waals surface area contributed by atoms with Gasteiger partial charge in [0.25, 0.3) is 0 Å². The van der Waals surface area contributed by atoms with Crippen LogP contribution in [0.15, 0.2) is 56.6 Å². The van der Waals surface area contributed by atoms with Crippen molar-refractivity contribution in [2.45, 2.75) is 70.4 Å². The molecule has 1 fully saturated rings. The first-order valence-electron chi connectivity index (χ1n) is 13.5. The number of methoxy groups -OCH3 is 1. The van der Waals surface area contributed by atoms with E-state index in [1.54, 1.807) is 36.8 Å². The van der Waals surface area contributed by atoms with Crippen LogP contribution in [0.5, 0.6) is 0 Å². The number of esters is 1. The van der Waals surface area contributed by atoms with Crippen LogP contribution in [0, 0.1) is 11.3 Å². The number of Topliss-reactive ketones (excluding diaryl/α,β-unsaturated/α-hetero) is 4. The van der Waals surface area contributed by atoms with Gasteiger partial charge in [-0.15, -0.1) is 0 Å². The Morgan fingerprint density at radius 1 is 1.07 bits per heavy atom. The molecule has 42 heavy (non-hydrogen) atoms. The van der Waals surface area contributed by atoms with E-state index in [9.17, 15) is 39.4 Å². The van der Waals surface area contributed by atoms with E-state index in [1.165, 1.54) is 21.0 Å². The molecule has 2 N–H and O–H groups in total. The number of nitriles is 1. The van der Waals surface area contributed by atoms with Gasteiger partial charge in [-0.05, 0) is 41.2 Å². The summed E-state index contributed by atoms with van der Waals surface area (Å²) in [6.45, 7) is 5.50. The smallest absolute Gasteiger partial charge is 0.333 e. The van der Waals surface area contributed by atoms with Gasteiger partial charge in [0.15, 0.2) is 11.5 Å². The van der Waals surface area contributed by atoms with Gasteiger partial charge in [0.2, 0.25) is 17.3 Å². The molecule has 0 unspecified atom stereocenters. The molecule has 12 heteroatoms. The summed E-state index contributed by atoms with van der Waals surface area (Å²) < 4.78 is 10.8. The molecule has 0 radical (unpaired) electrons. The van der Waals surface area contributed by atoms with Gasteiger partial charge in [0.1, 0.15) is 24.5 Å². The maximum Gasteiger partial charge on any atom is 0.333 e. The van der Waals surface area contributed by atoms with Crippen molar-refractivity contribution in [1.82, 2.24) is 9.80 Å². The van der Waals surface area contributed by atoms with Gasteiger partial charge in [-0.2, -0.15) is 5.26 Å². The lowest BCUT2D eigenvalue weighted by molar-refractivity contribution is -0.146. The standard InChI is InChI=1S/C30H31N3O9/c1-7-11(2)30(40)42-10-17-18-14(23(34)12(3)25(36)27(18)38)8-15-21-19-20(24(35)13(4)29(41-6)28(19)39)26(37)22(32(21)5)16(9-31)33(15)17/h7,15-17,21-22,26,34,37H,8,10H2,1-6H3/b11-7-/t15-,16-,17-,21-,22-,26-/m0/s1. The lowest BCUT2D eigenvalue weighted by Crippen LogP contribution is -2.76. The van der Waals surface area contributed by atoms with Crippen molar-refractivity contribution < 1.29 is 43.7 Å². The van der Waals surface area contributed by atoms with Crippen LogP contribution in [-0.4, -0.2) is 106 Å². The first-order valence-corrected chi connectivity index (χ1v) is 13.5. The number of aliphatic hydroxyl groups is 2. The van der Waals surface area contributed by atoms with E-state index in [-0.39, 0.29) is 45.6 Å². The maximum atomic E-state index is 13.8. The summed E-state index contributed by atoms with van der Waals surface area (Å²) in [4.78, 5) is 69.5. The van der Waals surface area contributed by atoms with Gasteiger partial charge in [0.05, 0.1) is 31.3 Å². The predicted octanol–water partition coefficient (Wildman–Crippen LogP) is 0.537. The number of rotatable bonds is 4. The van der Waals surface area contributed by atoms with Crippen LogP contribution in [-0.2, 0) is 33.4 Å². The fourth-order valence-corrected chi connectivity index (χ4v) is 7.01. The number of hydrogen-bond donors (Lipinski definition) is 2. The molecule has 6 atom stereocenters. The third-order valence-electron chi connectivity index (χ3n) is 9.21. The van der Waals surface area contributed by atoms with Crippen LogP contribution in [0.1, 0.15) is 34.1 Å². The number of aliphatic hydroxyl groups excluding tert-OH is 2. The summed E-state index contributed by atoms with van der Waals surface area (Å²) in [5.41, 5.74) is 0.127. The van der Waals surface area contributed by atoms with Crippen LogP contribution >= 0.6 is 0 Å². The Hall–Kier alpha value is -4.18. The van der Waals surface area contributed by atoms with Crippen molar-refractivity contribution >= 4 is 29.1 Å². The molecule has 3 heterocycles. The molecule has 2 bridgehead atoms. The molecule has 5 rings (SSSR count). The Morgan fingerprint density at radius 3 is 2.33 bits per heavy atom. The molecule has 0 aromatic carbocycles. The molecule has 5 aliphatic rings. The van der Waals surface area contributed by atoms with Crippen LogP contribution in [0.4, 0.5) is 0 Å². The third-order valence-corrected chi connectivity index (χ3v) is 9.21.